The number of nitrogens with zero attached hydrogens (tertiary/aromatic N) is 1. The van der Waals surface area contributed by atoms with Crippen LogP contribution in [0.15, 0.2) is 24.3 Å². The molecular weight excluding hydrogens is 308 g/mol. The zero-order valence-corrected chi connectivity index (χ0v) is 14.8. The van der Waals surface area contributed by atoms with Gasteiger partial charge in [-0.05, 0) is 32.4 Å². The quantitative estimate of drug-likeness (QED) is 0.741. The summed E-state index contributed by atoms with van der Waals surface area (Å²) in [6.07, 6.45) is 1.01. The molecule has 0 aliphatic heterocycles. The number of hydrogen-bond acceptors (Lipinski definition) is 4. The number of ether oxygens (including phenoxy) is 1. The molecule has 24 heavy (non-hydrogen) atoms. The Morgan fingerprint density at radius 3 is 2.46 bits per heavy atom. The topological polar surface area (TPSA) is 75.7 Å². The lowest BCUT2D eigenvalue weighted by atomic mass is 10.1. The fraction of sp³-hybridized carbons (Fsp3) is 0.500. The van der Waals surface area contributed by atoms with Crippen LogP contribution < -0.4 is 10.2 Å². The summed E-state index contributed by atoms with van der Waals surface area (Å²) in [7, 11) is 0. The van der Waals surface area contributed by atoms with Crippen LogP contribution in [0.1, 0.15) is 50.9 Å². The van der Waals surface area contributed by atoms with Gasteiger partial charge in [-0.1, -0.05) is 19.1 Å². The molecule has 6 nitrogen and oxygen atoms in total. The maximum absolute atomic E-state index is 12.1. The monoisotopic (exact) mass is 334 g/mol. The summed E-state index contributed by atoms with van der Waals surface area (Å²) in [6.45, 7) is 7.51. The normalized spacial score (nSPS) is 11.5. The lowest BCUT2D eigenvalue weighted by Crippen LogP contribution is -2.37. The number of benzene rings is 1. The third-order valence-electron chi connectivity index (χ3n) is 3.65. The van der Waals surface area contributed by atoms with E-state index in [1.807, 2.05) is 13.8 Å². The third-order valence-corrected chi connectivity index (χ3v) is 3.65. The SMILES string of the molecule is CCOC(=O)c1ccccc1N(CCC(=O)NC(C)CC)C(C)=O. The second-order valence-electron chi connectivity index (χ2n) is 5.54. The Labute approximate surface area is 143 Å². The fourth-order valence-corrected chi connectivity index (χ4v) is 2.20. The van der Waals surface area contributed by atoms with E-state index in [-0.39, 0.29) is 37.4 Å². The van der Waals surface area contributed by atoms with Gasteiger partial charge in [-0.3, -0.25) is 9.59 Å². The molecule has 1 unspecified atom stereocenters. The molecule has 0 bridgehead atoms. The van der Waals surface area contributed by atoms with E-state index in [9.17, 15) is 14.4 Å². The van der Waals surface area contributed by atoms with E-state index < -0.39 is 5.97 Å². The van der Waals surface area contributed by atoms with E-state index in [0.29, 0.717) is 11.3 Å². The summed E-state index contributed by atoms with van der Waals surface area (Å²) >= 11 is 0. The van der Waals surface area contributed by atoms with Crippen molar-refractivity contribution in [3.63, 3.8) is 0 Å². The molecule has 2 amide bonds. The molecule has 0 aliphatic rings. The minimum Gasteiger partial charge on any atom is -0.462 e. The van der Waals surface area contributed by atoms with E-state index in [2.05, 4.69) is 5.32 Å². The molecule has 0 fully saturated rings. The summed E-state index contributed by atoms with van der Waals surface area (Å²) < 4.78 is 5.04. The van der Waals surface area contributed by atoms with Gasteiger partial charge in [0.05, 0.1) is 17.9 Å². The van der Waals surface area contributed by atoms with Crippen LogP contribution in [0.25, 0.3) is 0 Å². The van der Waals surface area contributed by atoms with Crippen LogP contribution in [-0.4, -0.2) is 37.0 Å². The largest absolute Gasteiger partial charge is 0.462 e. The first-order valence-corrected chi connectivity index (χ1v) is 8.24. The highest BCUT2D eigenvalue weighted by atomic mass is 16.5. The first-order valence-electron chi connectivity index (χ1n) is 8.24. The van der Waals surface area contributed by atoms with Crippen molar-refractivity contribution in [1.29, 1.82) is 0 Å². The molecule has 0 saturated carbocycles. The molecule has 1 aromatic rings. The van der Waals surface area contributed by atoms with Crippen LogP contribution in [0.5, 0.6) is 0 Å². The number of carbonyl (C=O) groups is 3. The number of carbonyl (C=O) groups excluding carboxylic acids is 3. The minimum absolute atomic E-state index is 0.0927. The average molecular weight is 334 g/mol. The van der Waals surface area contributed by atoms with Crippen molar-refractivity contribution in [3.8, 4) is 0 Å². The van der Waals surface area contributed by atoms with Gasteiger partial charge in [-0.25, -0.2) is 4.79 Å². The average Bonchev–Trinajstić information content (AvgIpc) is 2.55. The van der Waals surface area contributed by atoms with Gasteiger partial charge in [-0.15, -0.1) is 0 Å². The van der Waals surface area contributed by atoms with Crippen LogP contribution in [0.3, 0.4) is 0 Å². The summed E-state index contributed by atoms with van der Waals surface area (Å²) in [6, 6.07) is 6.84. The van der Waals surface area contributed by atoms with Crippen molar-refractivity contribution in [2.24, 2.45) is 0 Å². The Morgan fingerprint density at radius 2 is 1.88 bits per heavy atom. The van der Waals surface area contributed by atoms with Gasteiger partial charge in [0.1, 0.15) is 0 Å². The predicted octanol–water partition coefficient (Wildman–Crippen LogP) is 2.52. The van der Waals surface area contributed by atoms with Crippen LogP contribution in [0.4, 0.5) is 5.69 Å². The van der Waals surface area contributed by atoms with E-state index in [1.165, 1.54) is 11.8 Å². The van der Waals surface area contributed by atoms with Crippen molar-refractivity contribution in [2.75, 3.05) is 18.1 Å². The number of hydrogen-bond donors (Lipinski definition) is 1. The summed E-state index contributed by atoms with van der Waals surface area (Å²) in [5, 5.41) is 2.86. The van der Waals surface area contributed by atoms with Crippen LogP contribution in [0, 0.1) is 0 Å². The van der Waals surface area contributed by atoms with Gasteiger partial charge in [0.2, 0.25) is 11.8 Å². The smallest absolute Gasteiger partial charge is 0.340 e. The molecule has 1 aromatic carbocycles. The Bertz CT molecular complexity index is 586. The van der Waals surface area contributed by atoms with E-state index in [1.54, 1.807) is 31.2 Å². The van der Waals surface area contributed by atoms with Crippen molar-refractivity contribution in [2.45, 2.75) is 46.6 Å². The highest BCUT2D eigenvalue weighted by Gasteiger charge is 2.20. The van der Waals surface area contributed by atoms with E-state index >= 15 is 0 Å². The third kappa shape index (κ3) is 5.68. The molecule has 0 aliphatic carbocycles. The molecule has 0 aromatic heterocycles. The van der Waals surface area contributed by atoms with Crippen molar-refractivity contribution >= 4 is 23.5 Å². The van der Waals surface area contributed by atoms with Crippen molar-refractivity contribution in [1.82, 2.24) is 5.32 Å². The van der Waals surface area contributed by atoms with Crippen molar-refractivity contribution < 1.29 is 19.1 Å². The van der Waals surface area contributed by atoms with Gasteiger partial charge in [0.25, 0.3) is 0 Å². The van der Waals surface area contributed by atoms with Crippen LogP contribution in [-0.2, 0) is 14.3 Å². The summed E-state index contributed by atoms with van der Waals surface area (Å²) in [4.78, 5) is 37.5. The first-order chi connectivity index (χ1) is 11.4. The molecule has 1 rings (SSSR count). The lowest BCUT2D eigenvalue weighted by molar-refractivity contribution is -0.121. The molecule has 0 heterocycles. The number of esters is 1. The van der Waals surface area contributed by atoms with E-state index in [0.717, 1.165) is 6.42 Å². The minimum atomic E-state index is -0.483. The molecule has 1 N–H and O–H groups in total. The summed E-state index contributed by atoms with van der Waals surface area (Å²) in [5.74, 6) is -0.837. The molecule has 1 atom stereocenters. The molecular formula is C18H26N2O4. The predicted molar refractivity (Wildman–Crippen MR) is 92.9 cm³/mol. The van der Waals surface area contributed by atoms with E-state index in [4.69, 9.17) is 4.74 Å². The molecule has 132 valence electrons. The number of rotatable bonds is 8. The lowest BCUT2D eigenvalue weighted by Gasteiger charge is -2.23. The molecule has 0 saturated heterocycles. The zero-order chi connectivity index (χ0) is 18.1. The van der Waals surface area contributed by atoms with Crippen molar-refractivity contribution in [3.05, 3.63) is 29.8 Å². The molecule has 0 spiro atoms. The van der Waals surface area contributed by atoms with Gasteiger partial charge in [0, 0.05) is 25.9 Å². The number of nitrogens with one attached hydrogen (secondary N) is 1. The zero-order valence-electron chi connectivity index (χ0n) is 14.8. The number of para-hydroxylation sites is 1. The maximum atomic E-state index is 12.1. The summed E-state index contributed by atoms with van der Waals surface area (Å²) in [5.41, 5.74) is 0.775. The highest BCUT2D eigenvalue weighted by Crippen LogP contribution is 2.22. The van der Waals surface area contributed by atoms with Gasteiger partial charge in [-0.2, -0.15) is 0 Å². The second-order valence-corrected chi connectivity index (χ2v) is 5.54. The Morgan fingerprint density at radius 1 is 1.21 bits per heavy atom. The number of amides is 2. The number of anilines is 1. The van der Waals surface area contributed by atoms with Crippen LogP contribution >= 0.6 is 0 Å². The highest BCUT2D eigenvalue weighted by molar-refractivity contribution is 6.02. The molecule has 6 heteroatoms. The Hall–Kier alpha value is -2.37. The fourth-order valence-electron chi connectivity index (χ4n) is 2.20. The Kier molecular flexibility index (Phi) is 7.95. The van der Waals surface area contributed by atoms with Crippen LogP contribution in [0.2, 0.25) is 0 Å². The maximum Gasteiger partial charge on any atom is 0.340 e. The first kappa shape index (κ1) is 19.7. The molecule has 0 radical (unpaired) electrons. The second kappa shape index (κ2) is 9.70. The van der Waals surface area contributed by atoms with Gasteiger partial charge in [0.15, 0.2) is 0 Å². The van der Waals surface area contributed by atoms with Gasteiger partial charge < -0.3 is 15.0 Å². The standard InChI is InChI=1S/C18H26N2O4/c1-5-13(3)19-17(22)11-12-20(14(4)21)16-10-8-7-9-15(16)18(23)24-6-2/h7-10,13H,5-6,11-12H2,1-4H3,(H,19,22). The van der Waals surface area contributed by atoms with Gasteiger partial charge >= 0.3 is 5.97 Å². The Balaban J connectivity index is 2.91.